The van der Waals surface area contributed by atoms with Gasteiger partial charge < -0.3 is 27.0 Å². The molecule has 10 nitrogen and oxygen atoms in total. The van der Waals surface area contributed by atoms with Crippen molar-refractivity contribution >= 4 is 29.5 Å². The highest BCUT2D eigenvalue weighted by molar-refractivity contribution is 5.99. The molecule has 3 atom stereocenters. The van der Waals surface area contributed by atoms with Crippen molar-refractivity contribution in [3.05, 3.63) is 35.4 Å². The number of hydrogen-bond donors (Lipinski definition) is 4. The molecule has 0 spiro atoms. The van der Waals surface area contributed by atoms with E-state index in [1.807, 2.05) is 20.8 Å². The number of nitrogens with two attached hydrogens (primary N) is 2. The average Bonchev–Trinajstić information content (AvgIpc) is 3.27. The zero-order valence-corrected chi connectivity index (χ0v) is 22.6. The van der Waals surface area contributed by atoms with E-state index in [9.17, 15) is 24.0 Å². The molecule has 2 rings (SSSR count). The fourth-order valence-corrected chi connectivity index (χ4v) is 3.19. The molecule has 36 heavy (non-hydrogen) atoms. The van der Waals surface area contributed by atoms with Gasteiger partial charge in [0.15, 0.2) is 0 Å². The van der Waals surface area contributed by atoms with E-state index in [0.717, 1.165) is 5.92 Å². The molecular weight excluding hydrogens is 462 g/mol. The fraction of sp³-hybridized carbons (Fsp3) is 0.577. The molecule has 6 N–H and O–H groups in total. The second kappa shape index (κ2) is 16.3. The molecule has 3 unspecified atom stereocenters. The van der Waals surface area contributed by atoms with Crippen molar-refractivity contribution in [2.75, 3.05) is 13.1 Å². The summed E-state index contributed by atoms with van der Waals surface area (Å²) < 4.78 is 0. The second-order valence-electron chi connectivity index (χ2n) is 9.07. The Morgan fingerprint density at radius 2 is 1.58 bits per heavy atom. The van der Waals surface area contributed by atoms with E-state index in [1.54, 1.807) is 6.92 Å². The number of rotatable bonds is 8. The minimum Gasteiger partial charge on any atom is -0.368 e. The van der Waals surface area contributed by atoms with E-state index in [4.69, 9.17) is 11.5 Å². The second-order valence-corrected chi connectivity index (χ2v) is 9.07. The van der Waals surface area contributed by atoms with Gasteiger partial charge in [-0.25, -0.2) is 0 Å². The van der Waals surface area contributed by atoms with Gasteiger partial charge in [0.05, 0.1) is 6.54 Å². The van der Waals surface area contributed by atoms with Crippen LogP contribution in [0.3, 0.4) is 0 Å². The van der Waals surface area contributed by atoms with Crippen molar-refractivity contribution in [2.45, 2.75) is 73.4 Å². The zero-order chi connectivity index (χ0) is 28.0. The molecule has 10 heteroatoms. The zero-order valence-electron chi connectivity index (χ0n) is 22.6. The van der Waals surface area contributed by atoms with Crippen LogP contribution < -0.4 is 22.1 Å². The van der Waals surface area contributed by atoms with Gasteiger partial charge in [-0.05, 0) is 37.0 Å². The topological polar surface area (TPSA) is 165 Å². The average molecular weight is 506 g/mol. The summed E-state index contributed by atoms with van der Waals surface area (Å²) in [6.45, 7) is 13.9. The molecule has 0 bridgehead atoms. The van der Waals surface area contributed by atoms with Crippen LogP contribution in [0.5, 0.6) is 0 Å². The highest BCUT2D eigenvalue weighted by Gasteiger charge is 2.39. The van der Waals surface area contributed by atoms with Gasteiger partial charge in [0, 0.05) is 29.6 Å². The lowest BCUT2D eigenvalue weighted by atomic mass is 10.1. The van der Waals surface area contributed by atoms with Crippen LogP contribution in [0.4, 0.5) is 0 Å². The summed E-state index contributed by atoms with van der Waals surface area (Å²) >= 11 is 0. The number of amides is 5. The molecular formula is C26H43N5O5. The van der Waals surface area contributed by atoms with Crippen LogP contribution in [0.2, 0.25) is 0 Å². The molecule has 202 valence electrons. The van der Waals surface area contributed by atoms with Crippen LogP contribution in [-0.2, 0) is 14.4 Å². The summed E-state index contributed by atoms with van der Waals surface area (Å²) in [6, 6.07) is 4.51. The van der Waals surface area contributed by atoms with Crippen LogP contribution in [0.25, 0.3) is 0 Å². The number of carbonyl (C=O) groups excluding carboxylic acids is 5. The predicted molar refractivity (Wildman–Crippen MR) is 140 cm³/mol. The molecule has 0 radical (unpaired) electrons. The van der Waals surface area contributed by atoms with Gasteiger partial charge in [-0.15, -0.1) is 0 Å². The normalized spacial score (nSPS) is 17.1. The third-order valence-corrected chi connectivity index (χ3v) is 5.17. The van der Waals surface area contributed by atoms with E-state index in [2.05, 4.69) is 31.4 Å². The Labute approximate surface area is 214 Å². The van der Waals surface area contributed by atoms with Gasteiger partial charge in [-0.1, -0.05) is 54.5 Å². The summed E-state index contributed by atoms with van der Waals surface area (Å²) in [4.78, 5) is 61.3. The van der Waals surface area contributed by atoms with E-state index < -0.39 is 35.7 Å². The number of hydrogen-bond acceptors (Lipinski definition) is 5. The van der Waals surface area contributed by atoms with E-state index in [0.29, 0.717) is 6.42 Å². The van der Waals surface area contributed by atoms with Crippen LogP contribution in [-0.4, -0.2) is 59.6 Å². The van der Waals surface area contributed by atoms with Gasteiger partial charge in [-0.3, -0.25) is 24.0 Å². The first-order valence-corrected chi connectivity index (χ1v) is 12.4. The lowest BCUT2D eigenvalue weighted by Crippen LogP contribution is -2.48. The molecule has 1 saturated heterocycles. The molecule has 0 aromatic heterocycles. The van der Waals surface area contributed by atoms with Crippen molar-refractivity contribution in [1.29, 1.82) is 0 Å². The van der Waals surface area contributed by atoms with Gasteiger partial charge >= 0.3 is 0 Å². The predicted octanol–water partition coefficient (Wildman–Crippen LogP) is 1.82. The van der Waals surface area contributed by atoms with Crippen molar-refractivity contribution in [3.8, 4) is 0 Å². The largest absolute Gasteiger partial charge is 0.368 e. The lowest BCUT2D eigenvalue weighted by Gasteiger charge is -2.22. The maximum atomic E-state index is 12.5. The standard InChI is InChI=1S/C20H27N5O5.C4H10.C2H6/c1-3-11(2)19(29)23-9-16(26)25-10-14(8-15(25)18(22)28)24-20(30)13-6-4-5-12(7-13)17(21)27;1-4(2)3;1-2/h4-7,11,14-15H,3,8-10H2,1-2H3,(H2,21,27)(H2,22,28)(H,23,29)(H,24,30);4H,1-3H3;1-2H3. The highest BCUT2D eigenvalue weighted by Crippen LogP contribution is 2.19. The third kappa shape index (κ3) is 10.9. The van der Waals surface area contributed by atoms with E-state index in [1.165, 1.54) is 29.2 Å². The Balaban J connectivity index is 0.00000185. The summed E-state index contributed by atoms with van der Waals surface area (Å²) in [6.07, 6.45) is 0.792. The molecule has 1 aliphatic rings. The first kappa shape index (κ1) is 32.6. The number of nitrogens with zero attached hydrogens (tertiary/aromatic N) is 1. The maximum Gasteiger partial charge on any atom is 0.251 e. The van der Waals surface area contributed by atoms with Crippen molar-refractivity contribution in [1.82, 2.24) is 15.5 Å². The number of likely N-dealkylation sites (tertiary alicyclic amines) is 1. The van der Waals surface area contributed by atoms with Crippen molar-refractivity contribution in [2.24, 2.45) is 23.3 Å². The molecule has 0 aliphatic carbocycles. The minimum absolute atomic E-state index is 0.0763. The number of carbonyl (C=O) groups is 5. The van der Waals surface area contributed by atoms with Crippen LogP contribution >= 0.6 is 0 Å². The van der Waals surface area contributed by atoms with Crippen LogP contribution in [0.15, 0.2) is 24.3 Å². The monoisotopic (exact) mass is 505 g/mol. The van der Waals surface area contributed by atoms with Crippen LogP contribution in [0.1, 0.15) is 82.0 Å². The maximum absolute atomic E-state index is 12.5. The molecule has 1 heterocycles. The lowest BCUT2D eigenvalue weighted by molar-refractivity contribution is -0.138. The third-order valence-electron chi connectivity index (χ3n) is 5.17. The minimum atomic E-state index is -0.889. The Morgan fingerprint density at radius 3 is 2.08 bits per heavy atom. The Hall–Kier alpha value is -3.43. The summed E-state index contributed by atoms with van der Waals surface area (Å²) in [5.74, 6) is -1.92. The van der Waals surface area contributed by atoms with Crippen molar-refractivity contribution in [3.63, 3.8) is 0 Å². The van der Waals surface area contributed by atoms with Crippen LogP contribution in [0, 0.1) is 11.8 Å². The number of benzene rings is 1. The van der Waals surface area contributed by atoms with Gasteiger partial charge in [0.25, 0.3) is 5.91 Å². The summed E-state index contributed by atoms with van der Waals surface area (Å²) in [5, 5.41) is 5.30. The molecule has 1 aromatic rings. The molecule has 0 saturated carbocycles. The van der Waals surface area contributed by atoms with Gasteiger partial charge in [-0.2, -0.15) is 0 Å². The van der Waals surface area contributed by atoms with E-state index in [-0.39, 0.29) is 42.5 Å². The molecule has 1 fully saturated rings. The Bertz CT molecular complexity index is 900. The smallest absolute Gasteiger partial charge is 0.251 e. The van der Waals surface area contributed by atoms with Crippen molar-refractivity contribution < 1.29 is 24.0 Å². The Morgan fingerprint density at radius 1 is 1.03 bits per heavy atom. The fourth-order valence-electron chi connectivity index (χ4n) is 3.19. The van der Waals surface area contributed by atoms with Gasteiger partial charge in [0.2, 0.25) is 23.6 Å². The highest BCUT2D eigenvalue weighted by atomic mass is 16.2. The summed E-state index contributed by atoms with van der Waals surface area (Å²) in [5.41, 5.74) is 11.1. The first-order chi connectivity index (χ1) is 16.9. The number of nitrogens with one attached hydrogen (secondary N) is 2. The first-order valence-electron chi connectivity index (χ1n) is 12.4. The quantitative estimate of drug-likeness (QED) is 0.422. The number of primary amides is 2. The molecule has 1 aromatic carbocycles. The van der Waals surface area contributed by atoms with E-state index >= 15 is 0 Å². The summed E-state index contributed by atoms with van der Waals surface area (Å²) in [7, 11) is 0. The molecule has 1 aliphatic heterocycles. The van der Waals surface area contributed by atoms with Gasteiger partial charge in [0.1, 0.15) is 6.04 Å². The Kier molecular flexibility index (Phi) is 14.7. The SMILES string of the molecule is CC.CC(C)C.CCC(C)C(=O)NCC(=O)N1CC(NC(=O)c2cccc(C(N)=O)c2)CC1C(N)=O. The molecule has 5 amide bonds.